The van der Waals surface area contributed by atoms with Crippen molar-refractivity contribution >= 4 is 28.5 Å². The van der Waals surface area contributed by atoms with E-state index in [0.29, 0.717) is 6.04 Å². The van der Waals surface area contributed by atoms with Crippen LogP contribution in [0.1, 0.15) is 32.1 Å². The second kappa shape index (κ2) is 4.47. The van der Waals surface area contributed by atoms with E-state index >= 15 is 0 Å². The average molecular weight is 329 g/mol. The van der Waals surface area contributed by atoms with Gasteiger partial charge in [-0.2, -0.15) is 0 Å². The molecule has 4 heteroatoms. The summed E-state index contributed by atoms with van der Waals surface area (Å²) >= 11 is 2.25. The molecule has 86 valence electrons. The summed E-state index contributed by atoms with van der Waals surface area (Å²) in [5.74, 6) is 1.84. The van der Waals surface area contributed by atoms with E-state index in [0.717, 1.165) is 22.0 Å². The van der Waals surface area contributed by atoms with Crippen molar-refractivity contribution in [3.05, 3.63) is 16.0 Å². The number of nitrogens with zero attached hydrogens (tertiary/aromatic N) is 3. The van der Waals surface area contributed by atoms with Crippen molar-refractivity contribution in [1.82, 2.24) is 9.97 Å². The molecule has 3 nitrogen and oxygen atoms in total. The van der Waals surface area contributed by atoms with Crippen LogP contribution in [0, 0.1) is 9.49 Å². The average Bonchev–Trinajstić information content (AvgIpc) is 2.74. The first-order valence-corrected chi connectivity index (χ1v) is 7.16. The number of aromatic nitrogens is 2. The van der Waals surface area contributed by atoms with Crippen molar-refractivity contribution in [2.24, 2.45) is 5.92 Å². The van der Waals surface area contributed by atoms with Crippen molar-refractivity contribution in [3.8, 4) is 0 Å². The Morgan fingerprint density at radius 1 is 1.12 bits per heavy atom. The minimum atomic E-state index is 0.716. The number of hydrogen-bond donors (Lipinski definition) is 0. The molecule has 1 aromatic heterocycles. The van der Waals surface area contributed by atoms with Crippen LogP contribution in [0.3, 0.4) is 0 Å². The largest absolute Gasteiger partial charge is 0.338 e. The lowest BCUT2D eigenvalue weighted by atomic mass is 9.85. The van der Waals surface area contributed by atoms with E-state index in [-0.39, 0.29) is 0 Å². The van der Waals surface area contributed by atoms with E-state index in [4.69, 9.17) is 0 Å². The molecule has 1 aromatic rings. The van der Waals surface area contributed by atoms with Crippen LogP contribution in [-0.4, -0.2) is 22.6 Å². The quantitative estimate of drug-likeness (QED) is 0.742. The predicted octanol–water partition coefficient (Wildman–Crippen LogP) is 2.85. The first kappa shape index (κ1) is 10.7. The van der Waals surface area contributed by atoms with Crippen LogP contribution in [0.15, 0.2) is 12.4 Å². The Balaban J connectivity index is 1.82. The number of hydrogen-bond acceptors (Lipinski definition) is 3. The van der Waals surface area contributed by atoms with Crippen LogP contribution >= 0.6 is 22.6 Å². The minimum Gasteiger partial charge on any atom is -0.338 e. The van der Waals surface area contributed by atoms with Crippen molar-refractivity contribution in [2.45, 2.75) is 38.1 Å². The van der Waals surface area contributed by atoms with Crippen molar-refractivity contribution in [2.75, 3.05) is 11.4 Å². The number of fused-ring (bicyclic) bond motifs is 1. The van der Waals surface area contributed by atoms with Crippen LogP contribution in [0.4, 0.5) is 5.95 Å². The third-order valence-corrected chi connectivity index (χ3v) is 4.43. The molecule has 1 aliphatic carbocycles. The summed E-state index contributed by atoms with van der Waals surface area (Å²) in [6.07, 6.45) is 10.7. The molecule has 0 amide bonds. The molecule has 2 aliphatic rings. The van der Waals surface area contributed by atoms with E-state index in [1.54, 1.807) is 0 Å². The maximum absolute atomic E-state index is 4.46. The van der Waals surface area contributed by atoms with Gasteiger partial charge in [-0.25, -0.2) is 9.97 Å². The molecule has 16 heavy (non-hydrogen) atoms. The van der Waals surface area contributed by atoms with Crippen LogP contribution in [-0.2, 0) is 0 Å². The summed E-state index contributed by atoms with van der Waals surface area (Å²) < 4.78 is 1.11. The molecule has 0 bridgehead atoms. The first-order chi connectivity index (χ1) is 7.84. The molecule has 1 saturated heterocycles. The lowest BCUT2D eigenvalue weighted by Crippen LogP contribution is -2.35. The van der Waals surface area contributed by atoms with E-state index in [1.807, 2.05) is 12.4 Å². The fraction of sp³-hybridized carbons (Fsp3) is 0.667. The summed E-state index contributed by atoms with van der Waals surface area (Å²) in [5, 5.41) is 0. The second-order valence-corrected chi connectivity index (χ2v) is 6.04. The lowest BCUT2D eigenvalue weighted by Gasteiger charge is -2.31. The van der Waals surface area contributed by atoms with Gasteiger partial charge in [0, 0.05) is 28.6 Å². The summed E-state index contributed by atoms with van der Waals surface area (Å²) in [5.41, 5.74) is 0. The fourth-order valence-electron chi connectivity index (χ4n) is 3.11. The third-order valence-electron chi connectivity index (χ3n) is 3.87. The molecule has 1 saturated carbocycles. The molecular formula is C12H16IN3. The van der Waals surface area contributed by atoms with Gasteiger partial charge in [-0.15, -0.1) is 0 Å². The van der Waals surface area contributed by atoms with E-state index in [9.17, 15) is 0 Å². The van der Waals surface area contributed by atoms with Crippen molar-refractivity contribution < 1.29 is 0 Å². The molecule has 2 fully saturated rings. The molecule has 0 radical (unpaired) electrons. The van der Waals surface area contributed by atoms with Gasteiger partial charge in [0.25, 0.3) is 0 Å². The Kier molecular flexibility index (Phi) is 3.00. The zero-order chi connectivity index (χ0) is 11.0. The van der Waals surface area contributed by atoms with Crippen LogP contribution in [0.25, 0.3) is 0 Å². The van der Waals surface area contributed by atoms with Crippen molar-refractivity contribution in [3.63, 3.8) is 0 Å². The summed E-state index contributed by atoms with van der Waals surface area (Å²) in [6, 6.07) is 0.716. The van der Waals surface area contributed by atoms with Gasteiger partial charge in [0.15, 0.2) is 0 Å². The Hall–Kier alpha value is -0.390. The zero-order valence-corrected chi connectivity index (χ0v) is 11.4. The monoisotopic (exact) mass is 329 g/mol. The molecule has 2 atom stereocenters. The smallest absolute Gasteiger partial charge is 0.225 e. The Morgan fingerprint density at radius 2 is 1.88 bits per heavy atom. The van der Waals surface area contributed by atoms with Gasteiger partial charge in [0.2, 0.25) is 5.95 Å². The predicted molar refractivity (Wildman–Crippen MR) is 72.5 cm³/mol. The van der Waals surface area contributed by atoms with Gasteiger partial charge in [0.1, 0.15) is 0 Å². The van der Waals surface area contributed by atoms with Gasteiger partial charge in [-0.05, 0) is 47.8 Å². The highest BCUT2D eigenvalue weighted by atomic mass is 127. The summed E-state index contributed by atoms with van der Waals surface area (Å²) in [4.78, 5) is 11.3. The Labute approximate surface area is 110 Å². The fourth-order valence-corrected chi connectivity index (χ4v) is 3.39. The molecule has 3 rings (SSSR count). The molecule has 0 spiro atoms. The normalized spacial score (nSPS) is 29.2. The van der Waals surface area contributed by atoms with E-state index in [2.05, 4.69) is 37.5 Å². The maximum atomic E-state index is 4.46. The first-order valence-electron chi connectivity index (χ1n) is 6.09. The molecule has 0 N–H and O–H groups in total. The highest BCUT2D eigenvalue weighted by Gasteiger charge is 2.36. The molecule has 1 aliphatic heterocycles. The van der Waals surface area contributed by atoms with Gasteiger partial charge in [-0.3, -0.25) is 0 Å². The van der Waals surface area contributed by atoms with E-state index in [1.165, 1.54) is 32.1 Å². The zero-order valence-electron chi connectivity index (χ0n) is 9.27. The van der Waals surface area contributed by atoms with Crippen LogP contribution in [0.5, 0.6) is 0 Å². The molecule has 0 aromatic carbocycles. The highest BCUT2D eigenvalue weighted by molar-refractivity contribution is 14.1. The highest BCUT2D eigenvalue weighted by Crippen LogP contribution is 2.37. The van der Waals surface area contributed by atoms with Crippen LogP contribution < -0.4 is 4.90 Å². The van der Waals surface area contributed by atoms with Gasteiger partial charge in [-0.1, -0.05) is 12.8 Å². The molecular weight excluding hydrogens is 313 g/mol. The Bertz CT molecular complexity index is 365. The third kappa shape index (κ3) is 1.92. The summed E-state index contributed by atoms with van der Waals surface area (Å²) in [6.45, 7) is 1.15. The van der Waals surface area contributed by atoms with Gasteiger partial charge in [0.05, 0.1) is 0 Å². The summed E-state index contributed by atoms with van der Waals surface area (Å²) in [7, 11) is 0. The minimum absolute atomic E-state index is 0.716. The van der Waals surface area contributed by atoms with Gasteiger partial charge < -0.3 is 4.90 Å². The molecule has 2 heterocycles. The maximum Gasteiger partial charge on any atom is 0.225 e. The Morgan fingerprint density at radius 3 is 2.69 bits per heavy atom. The van der Waals surface area contributed by atoms with Crippen LogP contribution in [0.2, 0.25) is 0 Å². The van der Waals surface area contributed by atoms with E-state index < -0.39 is 0 Å². The second-order valence-electron chi connectivity index (χ2n) is 4.80. The van der Waals surface area contributed by atoms with Gasteiger partial charge >= 0.3 is 0 Å². The standard InChI is InChI=1S/C12H16IN3/c13-10-7-14-12(15-8-10)16-6-5-9-3-1-2-4-11(9)16/h7-9,11H,1-6H2. The lowest BCUT2D eigenvalue weighted by molar-refractivity contribution is 0.341. The molecule has 2 unspecified atom stereocenters. The topological polar surface area (TPSA) is 29.0 Å². The number of anilines is 1. The number of halogens is 1. The van der Waals surface area contributed by atoms with Crippen molar-refractivity contribution in [1.29, 1.82) is 0 Å². The SMILES string of the molecule is Ic1cnc(N2CCC3CCCCC32)nc1. The number of rotatable bonds is 1.